The minimum atomic E-state index is -0.525. The molecule has 0 unspecified atom stereocenters. The van der Waals surface area contributed by atoms with Crippen LogP contribution < -0.4 is 4.52 Å². The summed E-state index contributed by atoms with van der Waals surface area (Å²) in [4.78, 5) is 8.10. The Balaban J connectivity index is 2.25. The van der Waals surface area contributed by atoms with E-state index < -0.39 is 8.15 Å². The van der Waals surface area contributed by atoms with Crippen LogP contribution in [0, 0.1) is 0 Å². The summed E-state index contributed by atoms with van der Waals surface area (Å²) < 4.78 is 7.80. The van der Waals surface area contributed by atoms with Crippen LogP contribution in [-0.4, -0.2) is 27.9 Å². The Morgan fingerprint density at radius 2 is 1.95 bits per heavy atom. The highest BCUT2D eigenvalue weighted by Crippen LogP contribution is 2.38. The molecule has 1 aromatic carbocycles. The SMILES string of the molecule is CP(C)Oc1cn(-c2nc(Cl)ncc2Cl)c2ccccc12. The summed E-state index contributed by atoms with van der Waals surface area (Å²) in [6, 6.07) is 7.93. The molecule has 7 heteroatoms. The molecule has 0 bridgehead atoms. The van der Waals surface area contributed by atoms with Gasteiger partial charge >= 0.3 is 0 Å². The topological polar surface area (TPSA) is 39.9 Å². The van der Waals surface area contributed by atoms with Gasteiger partial charge in [0, 0.05) is 5.39 Å². The number of halogens is 2. The molecule has 2 heterocycles. The maximum absolute atomic E-state index is 6.20. The van der Waals surface area contributed by atoms with Gasteiger partial charge in [-0.05, 0) is 37.1 Å². The van der Waals surface area contributed by atoms with Crippen LogP contribution in [0.3, 0.4) is 0 Å². The molecule has 0 aliphatic rings. The lowest BCUT2D eigenvalue weighted by Gasteiger charge is -2.07. The molecule has 0 fully saturated rings. The van der Waals surface area contributed by atoms with Crippen molar-refractivity contribution in [2.45, 2.75) is 0 Å². The van der Waals surface area contributed by atoms with Gasteiger partial charge in [-0.1, -0.05) is 23.7 Å². The number of nitrogens with zero attached hydrogens (tertiary/aromatic N) is 3. The summed E-state index contributed by atoms with van der Waals surface area (Å²) in [5.74, 6) is 1.35. The number of rotatable bonds is 3. The zero-order valence-corrected chi connectivity index (χ0v) is 13.8. The Bertz CT molecular complexity index is 804. The molecule has 0 radical (unpaired) electrons. The van der Waals surface area contributed by atoms with Crippen LogP contribution >= 0.6 is 31.4 Å². The quantitative estimate of drug-likeness (QED) is 0.510. The fraction of sp³-hybridized carbons (Fsp3) is 0.143. The number of hydrogen-bond acceptors (Lipinski definition) is 3. The van der Waals surface area contributed by atoms with E-state index in [1.807, 2.05) is 35.0 Å². The van der Waals surface area contributed by atoms with Crippen molar-refractivity contribution in [2.24, 2.45) is 0 Å². The first kappa shape index (κ1) is 14.6. The number of para-hydroxylation sites is 1. The van der Waals surface area contributed by atoms with E-state index in [4.69, 9.17) is 27.7 Å². The highest BCUT2D eigenvalue weighted by molar-refractivity contribution is 7.51. The molecule has 0 saturated carbocycles. The van der Waals surface area contributed by atoms with Crippen LogP contribution in [0.25, 0.3) is 16.7 Å². The molecule has 0 amide bonds. The normalized spacial score (nSPS) is 11.3. The average Bonchev–Trinajstić information content (AvgIpc) is 2.80. The molecule has 108 valence electrons. The van der Waals surface area contributed by atoms with Crippen molar-refractivity contribution in [3.05, 3.63) is 47.0 Å². The first-order chi connectivity index (χ1) is 10.1. The molecule has 3 rings (SSSR count). The first-order valence-electron chi connectivity index (χ1n) is 6.20. The summed E-state index contributed by atoms with van der Waals surface area (Å²) in [7, 11) is -0.525. The van der Waals surface area contributed by atoms with Crippen molar-refractivity contribution in [1.29, 1.82) is 0 Å². The zero-order valence-electron chi connectivity index (χ0n) is 11.4. The number of hydrogen-bond donors (Lipinski definition) is 0. The molecule has 3 aromatic rings. The van der Waals surface area contributed by atoms with Crippen molar-refractivity contribution >= 4 is 42.3 Å². The second kappa shape index (κ2) is 5.80. The van der Waals surface area contributed by atoms with Gasteiger partial charge in [0.2, 0.25) is 5.28 Å². The van der Waals surface area contributed by atoms with Crippen molar-refractivity contribution in [3.8, 4) is 11.6 Å². The lowest BCUT2D eigenvalue weighted by molar-refractivity contribution is 0.628. The predicted molar refractivity (Wildman–Crippen MR) is 88.3 cm³/mol. The van der Waals surface area contributed by atoms with E-state index in [0.717, 1.165) is 16.7 Å². The molecule has 0 aliphatic heterocycles. The van der Waals surface area contributed by atoms with Crippen molar-refractivity contribution < 1.29 is 4.52 Å². The van der Waals surface area contributed by atoms with E-state index in [2.05, 4.69) is 23.3 Å². The van der Waals surface area contributed by atoms with E-state index in [-0.39, 0.29) is 5.28 Å². The summed E-state index contributed by atoms with van der Waals surface area (Å²) in [5.41, 5.74) is 0.959. The zero-order chi connectivity index (χ0) is 15.0. The van der Waals surface area contributed by atoms with E-state index in [0.29, 0.717) is 10.8 Å². The molecule has 21 heavy (non-hydrogen) atoms. The maximum Gasteiger partial charge on any atom is 0.224 e. The molecule has 0 spiro atoms. The molecule has 4 nitrogen and oxygen atoms in total. The van der Waals surface area contributed by atoms with E-state index in [1.54, 1.807) is 0 Å². The lowest BCUT2D eigenvalue weighted by Crippen LogP contribution is -1.98. The molecular weight excluding hydrogens is 328 g/mol. The molecule has 0 N–H and O–H groups in total. The van der Waals surface area contributed by atoms with Crippen LogP contribution in [0.2, 0.25) is 10.3 Å². The largest absolute Gasteiger partial charge is 0.472 e. The summed E-state index contributed by atoms with van der Waals surface area (Å²) in [6.45, 7) is 4.10. The highest BCUT2D eigenvalue weighted by Gasteiger charge is 2.15. The number of benzene rings is 1. The predicted octanol–water partition coefficient (Wildman–Crippen LogP) is 4.76. The fourth-order valence-corrected chi connectivity index (χ4v) is 2.95. The minimum Gasteiger partial charge on any atom is -0.472 e. The van der Waals surface area contributed by atoms with Gasteiger partial charge in [-0.2, -0.15) is 4.98 Å². The summed E-state index contributed by atoms with van der Waals surface area (Å²) in [6.07, 6.45) is 3.38. The first-order valence-corrected chi connectivity index (χ1v) is 9.11. The lowest BCUT2D eigenvalue weighted by atomic mass is 10.2. The summed E-state index contributed by atoms with van der Waals surface area (Å²) >= 11 is 12.1. The molecule has 0 aliphatic carbocycles. The van der Waals surface area contributed by atoms with E-state index >= 15 is 0 Å². The molecular formula is C14H12Cl2N3OP. The van der Waals surface area contributed by atoms with Crippen LogP contribution in [0.15, 0.2) is 36.7 Å². The standard InChI is InChI=1S/C14H12Cl2N3OP/c1-21(2)20-12-8-19(11-6-4-3-5-9(11)12)13-10(15)7-17-14(16)18-13/h3-8H,1-2H3. The van der Waals surface area contributed by atoms with Crippen LogP contribution in [0.5, 0.6) is 5.75 Å². The van der Waals surface area contributed by atoms with Gasteiger partial charge in [-0.15, -0.1) is 0 Å². The third-order valence-corrected chi connectivity index (χ3v) is 3.89. The Morgan fingerprint density at radius 1 is 1.19 bits per heavy atom. The fourth-order valence-electron chi connectivity index (χ4n) is 2.10. The van der Waals surface area contributed by atoms with Gasteiger partial charge in [0.1, 0.15) is 10.8 Å². The molecule has 0 saturated heterocycles. The number of fused-ring (bicyclic) bond motifs is 1. The third-order valence-electron chi connectivity index (χ3n) is 2.88. The Morgan fingerprint density at radius 3 is 2.71 bits per heavy atom. The molecule has 0 atom stereocenters. The van der Waals surface area contributed by atoms with Gasteiger partial charge in [0.15, 0.2) is 5.82 Å². The smallest absolute Gasteiger partial charge is 0.224 e. The molecule has 2 aromatic heterocycles. The van der Waals surface area contributed by atoms with Gasteiger partial charge < -0.3 is 4.52 Å². The van der Waals surface area contributed by atoms with E-state index in [9.17, 15) is 0 Å². The second-order valence-corrected chi connectivity index (χ2v) is 7.15. The van der Waals surface area contributed by atoms with Gasteiger partial charge in [0.25, 0.3) is 0 Å². The van der Waals surface area contributed by atoms with E-state index in [1.165, 1.54) is 6.20 Å². The number of aromatic nitrogens is 3. The second-order valence-electron chi connectivity index (χ2n) is 4.59. The van der Waals surface area contributed by atoms with Crippen molar-refractivity contribution in [3.63, 3.8) is 0 Å². The maximum atomic E-state index is 6.20. The Hall–Kier alpha value is -1.35. The van der Waals surface area contributed by atoms with Gasteiger partial charge in [0.05, 0.1) is 26.1 Å². The van der Waals surface area contributed by atoms with Crippen molar-refractivity contribution in [2.75, 3.05) is 13.3 Å². The van der Waals surface area contributed by atoms with Gasteiger partial charge in [-0.3, -0.25) is 4.57 Å². The monoisotopic (exact) mass is 339 g/mol. The minimum absolute atomic E-state index is 0.155. The average molecular weight is 340 g/mol. The Kier molecular flexibility index (Phi) is 4.03. The van der Waals surface area contributed by atoms with Crippen LogP contribution in [0.1, 0.15) is 0 Å². The highest BCUT2D eigenvalue weighted by atomic mass is 35.5. The van der Waals surface area contributed by atoms with Gasteiger partial charge in [-0.25, -0.2) is 4.98 Å². The summed E-state index contributed by atoms with van der Waals surface area (Å²) in [5, 5.41) is 1.60. The van der Waals surface area contributed by atoms with Crippen LogP contribution in [0.4, 0.5) is 0 Å². The third kappa shape index (κ3) is 2.84. The van der Waals surface area contributed by atoms with Crippen molar-refractivity contribution in [1.82, 2.24) is 14.5 Å². The van der Waals surface area contributed by atoms with Crippen LogP contribution in [-0.2, 0) is 0 Å². The Labute approximate surface area is 133 Å².